The predicted molar refractivity (Wildman–Crippen MR) is 75.1 cm³/mol. The van der Waals surface area contributed by atoms with Crippen molar-refractivity contribution in [2.75, 3.05) is 0 Å². The summed E-state index contributed by atoms with van der Waals surface area (Å²) in [5.74, 6) is -0.0920. The van der Waals surface area contributed by atoms with E-state index in [4.69, 9.17) is 0 Å². The lowest BCUT2D eigenvalue weighted by atomic mass is 10.00. The molecule has 0 saturated carbocycles. The highest BCUT2D eigenvalue weighted by Gasteiger charge is 2.16. The Morgan fingerprint density at radius 3 is 2.72 bits per heavy atom. The van der Waals surface area contributed by atoms with E-state index in [1.54, 1.807) is 6.07 Å². The van der Waals surface area contributed by atoms with E-state index in [-0.39, 0.29) is 16.4 Å². The summed E-state index contributed by atoms with van der Waals surface area (Å²) in [6.45, 7) is 6.25. The van der Waals surface area contributed by atoms with Crippen LogP contribution in [0.5, 0.6) is 0 Å². The van der Waals surface area contributed by atoms with Gasteiger partial charge >= 0.3 is 0 Å². The lowest BCUT2D eigenvalue weighted by Crippen LogP contribution is -2.34. The fourth-order valence-electron chi connectivity index (χ4n) is 1.81. The standard InChI is InChI=1S/C14H19BrFNO/c1-4-9(2)8-10(3)17-14(18)11-6-5-7-12(16)13(11)15/h5-7,9-10H,4,8H2,1-3H3,(H,17,18). The highest BCUT2D eigenvalue weighted by atomic mass is 79.9. The van der Waals surface area contributed by atoms with Crippen LogP contribution in [0.25, 0.3) is 0 Å². The quantitative estimate of drug-likeness (QED) is 0.869. The van der Waals surface area contributed by atoms with E-state index in [0.29, 0.717) is 11.5 Å². The van der Waals surface area contributed by atoms with Crippen molar-refractivity contribution in [1.29, 1.82) is 0 Å². The van der Waals surface area contributed by atoms with Crippen LogP contribution in [0.2, 0.25) is 0 Å². The van der Waals surface area contributed by atoms with Gasteiger partial charge in [-0.3, -0.25) is 4.79 Å². The van der Waals surface area contributed by atoms with Crippen LogP contribution < -0.4 is 5.32 Å². The molecular weight excluding hydrogens is 297 g/mol. The van der Waals surface area contributed by atoms with Crippen LogP contribution in [0.4, 0.5) is 4.39 Å². The maximum Gasteiger partial charge on any atom is 0.252 e. The Hall–Kier alpha value is -0.900. The minimum Gasteiger partial charge on any atom is -0.350 e. The Labute approximate surface area is 116 Å². The molecule has 0 aliphatic heterocycles. The van der Waals surface area contributed by atoms with Crippen molar-refractivity contribution in [3.05, 3.63) is 34.1 Å². The molecule has 0 spiro atoms. The van der Waals surface area contributed by atoms with Gasteiger partial charge in [-0.1, -0.05) is 26.3 Å². The van der Waals surface area contributed by atoms with E-state index < -0.39 is 5.82 Å². The van der Waals surface area contributed by atoms with Gasteiger partial charge in [-0.25, -0.2) is 4.39 Å². The highest BCUT2D eigenvalue weighted by Crippen LogP contribution is 2.20. The van der Waals surface area contributed by atoms with Crippen molar-refractivity contribution in [2.24, 2.45) is 5.92 Å². The molecule has 2 nitrogen and oxygen atoms in total. The molecule has 0 saturated heterocycles. The Bertz CT molecular complexity index is 422. The van der Waals surface area contributed by atoms with E-state index in [1.165, 1.54) is 12.1 Å². The second kappa shape index (κ2) is 6.88. The molecule has 2 atom stereocenters. The fourth-order valence-corrected chi connectivity index (χ4v) is 2.25. The first kappa shape index (κ1) is 15.2. The third kappa shape index (κ3) is 4.09. The summed E-state index contributed by atoms with van der Waals surface area (Å²) in [5.41, 5.74) is 0.339. The van der Waals surface area contributed by atoms with Crippen LogP contribution in [0, 0.1) is 11.7 Å². The van der Waals surface area contributed by atoms with Crippen molar-refractivity contribution in [3.8, 4) is 0 Å². The topological polar surface area (TPSA) is 29.1 Å². The molecule has 0 aliphatic carbocycles. The Kier molecular flexibility index (Phi) is 5.79. The van der Waals surface area contributed by atoms with Gasteiger partial charge in [-0.05, 0) is 47.3 Å². The molecule has 0 fully saturated rings. The summed E-state index contributed by atoms with van der Waals surface area (Å²) in [7, 11) is 0. The van der Waals surface area contributed by atoms with Gasteiger partial charge < -0.3 is 5.32 Å². The van der Waals surface area contributed by atoms with E-state index >= 15 is 0 Å². The molecular formula is C14H19BrFNO. The second-order valence-electron chi connectivity index (χ2n) is 4.73. The number of halogens is 2. The number of hydrogen-bond donors (Lipinski definition) is 1. The maximum atomic E-state index is 13.3. The zero-order valence-corrected chi connectivity index (χ0v) is 12.6. The monoisotopic (exact) mass is 315 g/mol. The zero-order chi connectivity index (χ0) is 13.7. The second-order valence-corrected chi connectivity index (χ2v) is 5.52. The van der Waals surface area contributed by atoms with Crippen LogP contribution in [-0.2, 0) is 0 Å². The molecule has 1 aromatic rings. The van der Waals surface area contributed by atoms with E-state index in [0.717, 1.165) is 12.8 Å². The Balaban J connectivity index is 2.68. The SMILES string of the molecule is CCC(C)CC(C)NC(=O)c1cccc(F)c1Br. The number of amides is 1. The first-order valence-electron chi connectivity index (χ1n) is 6.20. The van der Waals surface area contributed by atoms with Gasteiger partial charge in [0.25, 0.3) is 5.91 Å². The number of hydrogen-bond acceptors (Lipinski definition) is 1. The van der Waals surface area contributed by atoms with Crippen LogP contribution in [0.15, 0.2) is 22.7 Å². The third-order valence-electron chi connectivity index (χ3n) is 3.03. The summed E-state index contributed by atoms with van der Waals surface area (Å²) < 4.78 is 13.5. The molecule has 1 amide bonds. The number of nitrogens with one attached hydrogen (secondary N) is 1. The van der Waals surface area contributed by atoms with Crippen molar-refractivity contribution < 1.29 is 9.18 Å². The number of benzene rings is 1. The molecule has 1 aromatic carbocycles. The number of carbonyl (C=O) groups is 1. The maximum absolute atomic E-state index is 13.3. The fraction of sp³-hybridized carbons (Fsp3) is 0.500. The minimum absolute atomic E-state index is 0.0858. The molecule has 4 heteroatoms. The predicted octanol–water partition coefficient (Wildman–Crippen LogP) is 4.14. The van der Waals surface area contributed by atoms with Gasteiger partial charge in [0.15, 0.2) is 0 Å². The summed E-state index contributed by atoms with van der Waals surface area (Å²) >= 11 is 3.10. The van der Waals surface area contributed by atoms with E-state index in [1.807, 2.05) is 6.92 Å². The number of rotatable bonds is 5. The number of carbonyl (C=O) groups excluding carboxylic acids is 1. The lowest BCUT2D eigenvalue weighted by Gasteiger charge is -2.18. The summed E-state index contributed by atoms with van der Waals surface area (Å²) in [4.78, 5) is 12.0. The van der Waals surface area contributed by atoms with Gasteiger partial charge in [0.05, 0.1) is 10.0 Å². The lowest BCUT2D eigenvalue weighted by molar-refractivity contribution is 0.0934. The van der Waals surface area contributed by atoms with Crippen LogP contribution in [-0.4, -0.2) is 11.9 Å². The van der Waals surface area contributed by atoms with Gasteiger partial charge in [-0.2, -0.15) is 0 Å². The molecule has 2 unspecified atom stereocenters. The van der Waals surface area contributed by atoms with Gasteiger partial charge in [0.1, 0.15) is 5.82 Å². The van der Waals surface area contributed by atoms with Gasteiger partial charge in [-0.15, -0.1) is 0 Å². The van der Waals surface area contributed by atoms with Crippen molar-refractivity contribution in [1.82, 2.24) is 5.32 Å². The van der Waals surface area contributed by atoms with Crippen LogP contribution >= 0.6 is 15.9 Å². The molecule has 1 N–H and O–H groups in total. The Morgan fingerprint density at radius 1 is 1.44 bits per heavy atom. The van der Waals surface area contributed by atoms with Gasteiger partial charge in [0, 0.05) is 6.04 Å². The van der Waals surface area contributed by atoms with Crippen molar-refractivity contribution >= 4 is 21.8 Å². The van der Waals surface area contributed by atoms with Crippen molar-refractivity contribution in [2.45, 2.75) is 39.7 Å². The highest BCUT2D eigenvalue weighted by molar-refractivity contribution is 9.10. The molecule has 0 bridgehead atoms. The molecule has 0 heterocycles. The average Bonchev–Trinajstić information content (AvgIpc) is 2.32. The smallest absolute Gasteiger partial charge is 0.252 e. The first-order chi connectivity index (χ1) is 8.45. The normalized spacial score (nSPS) is 14.1. The summed E-state index contributed by atoms with van der Waals surface area (Å²) in [6.07, 6.45) is 2.01. The van der Waals surface area contributed by atoms with E-state index in [9.17, 15) is 9.18 Å². The largest absolute Gasteiger partial charge is 0.350 e. The third-order valence-corrected chi connectivity index (χ3v) is 3.83. The summed E-state index contributed by atoms with van der Waals surface area (Å²) in [5, 5.41) is 2.89. The molecule has 0 aromatic heterocycles. The zero-order valence-electron chi connectivity index (χ0n) is 11.0. The molecule has 100 valence electrons. The Morgan fingerprint density at radius 2 is 2.11 bits per heavy atom. The summed E-state index contributed by atoms with van der Waals surface area (Å²) in [6, 6.07) is 4.55. The molecule has 1 rings (SSSR count). The average molecular weight is 316 g/mol. The minimum atomic E-state index is -0.419. The van der Waals surface area contributed by atoms with Crippen LogP contribution in [0.1, 0.15) is 44.0 Å². The molecule has 0 radical (unpaired) electrons. The molecule has 0 aliphatic rings. The van der Waals surface area contributed by atoms with Crippen LogP contribution in [0.3, 0.4) is 0 Å². The molecule has 18 heavy (non-hydrogen) atoms. The van der Waals surface area contributed by atoms with Crippen molar-refractivity contribution in [3.63, 3.8) is 0 Å². The van der Waals surface area contributed by atoms with E-state index in [2.05, 4.69) is 35.1 Å². The first-order valence-corrected chi connectivity index (χ1v) is 6.99. The van der Waals surface area contributed by atoms with Gasteiger partial charge in [0.2, 0.25) is 0 Å².